The number of esters is 1. The molecule has 3 atom stereocenters. The molecule has 334 valence electrons. The Balaban J connectivity index is 4.63. The highest BCUT2D eigenvalue weighted by molar-refractivity contribution is 5.77. The van der Waals surface area contributed by atoms with Crippen molar-refractivity contribution in [2.45, 2.75) is 238 Å². The second kappa shape index (κ2) is 45.4. The molecule has 0 aromatic carbocycles. The molecule has 6 nitrogen and oxygen atoms in total. The number of carbonyl (C=O) groups is 2. The molecular weight excluding hydrogens is 719 g/mol. The van der Waals surface area contributed by atoms with E-state index in [4.69, 9.17) is 4.74 Å². The maximum Gasteiger partial charge on any atom is 0.306 e. The number of carbonyl (C=O) groups excluding carboxylic acids is 2. The smallest absolute Gasteiger partial charge is 0.306 e. The fraction of sp³-hybridized carbons (Fsp3) is 0.731. The number of ether oxygens (including phenoxy) is 1. The Kier molecular flexibility index (Phi) is 43.3. The van der Waals surface area contributed by atoms with E-state index in [-0.39, 0.29) is 24.9 Å². The summed E-state index contributed by atoms with van der Waals surface area (Å²) >= 11 is 0. The van der Waals surface area contributed by atoms with E-state index in [0.29, 0.717) is 19.3 Å². The number of aliphatic hydroxyl groups excluding tert-OH is 2. The third kappa shape index (κ3) is 40.1. The van der Waals surface area contributed by atoms with Crippen LogP contribution in [0.5, 0.6) is 0 Å². The number of hydrogen-bond acceptors (Lipinski definition) is 5. The van der Waals surface area contributed by atoms with Crippen LogP contribution in [-0.2, 0) is 14.3 Å². The van der Waals surface area contributed by atoms with Gasteiger partial charge in [0.25, 0.3) is 0 Å². The number of hydrogen-bond donors (Lipinski definition) is 3. The molecule has 0 aliphatic carbocycles. The van der Waals surface area contributed by atoms with Crippen molar-refractivity contribution in [1.82, 2.24) is 5.32 Å². The molecule has 0 aliphatic heterocycles. The molecule has 0 rings (SSSR count). The first-order valence-electron chi connectivity index (χ1n) is 24.2. The Morgan fingerprint density at radius 3 is 1.59 bits per heavy atom. The number of nitrogens with one attached hydrogen (secondary N) is 1. The fourth-order valence-corrected chi connectivity index (χ4v) is 6.95. The highest BCUT2D eigenvalue weighted by Gasteiger charge is 2.24. The molecule has 0 aromatic rings. The summed E-state index contributed by atoms with van der Waals surface area (Å²) in [5.74, 6) is -0.520. The van der Waals surface area contributed by atoms with E-state index in [0.717, 1.165) is 109 Å². The molecule has 6 heteroatoms. The van der Waals surface area contributed by atoms with Crippen LogP contribution in [0.1, 0.15) is 220 Å². The van der Waals surface area contributed by atoms with Crippen molar-refractivity contribution in [2.75, 3.05) is 6.61 Å². The Labute approximate surface area is 358 Å². The van der Waals surface area contributed by atoms with Gasteiger partial charge in [0.15, 0.2) is 0 Å². The zero-order chi connectivity index (χ0) is 42.4. The lowest BCUT2D eigenvalue weighted by Gasteiger charge is -2.24. The van der Waals surface area contributed by atoms with Crippen LogP contribution >= 0.6 is 0 Å². The van der Waals surface area contributed by atoms with Crippen molar-refractivity contribution in [2.24, 2.45) is 0 Å². The average molecular weight is 810 g/mol. The molecule has 1 amide bonds. The normalized spacial score (nSPS) is 13.9. The Morgan fingerprint density at radius 2 is 1.00 bits per heavy atom. The molecule has 0 heterocycles. The molecule has 0 saturated carbocycles. The predicted molar refractivity (Wildman–Crippen MR) is 250 cm³/mol. The second-order valence-electron chi connectivity index (χ2n) is 16.2. The van der Waals surface area contributed by atoms with Crippen molar-refractivity contribution in [3.05, 3.63) is 72.9 Å². The van der Waals surface area contributed by atoms with Gasteiger partial charge in [0.05, 0.1) is 25.2 Å². The average Bonchev–Trinajstić information content (AvgIpc) is 3.22. The molecule has 0 radical (unpaired) electrons. The third-order valence-corrected chi connectivity index (χ3v) is 10.6. The first-order chi connectivity index (χ1) is 28.5. The summed E-state index contributed by atoms with van der Waals surface area (Å²) in [6.45, 7) is 6.30. The quantitative estimate of drug-likeness (QED) is 0.0247. The Morgan fingerprint density at radius 1 is 0.534 bits per heavy atom. The van der Waals surface area contributed by atoms with E-state index in [1.54, 1.807) is 0 Å². The molecule has 0 bridgehead atoms. The molecule has 0 aromatic heterocycles. The van der Waals surface area contributed by atoms with Gasteiger partial charge in [0.2, 0.25) is 5.91 Å². The maximum atomic E-state index is 13.1. The summed E-state index contributed by atoms with van der Waals surface area (Å²) in [6.07, 6.45) is 56.7. The van der Waals surface area contributed by atoms with Crippen LogP contribution in [-0.4, -0.2) is 46.9 Å². The molecule has 0 spiro atoms. The summed E-state index contributed by atoms with van der Waals surface area (Å²) in [7, 11) is 0. The molecule has 3 unspecified atom stereocenters. The third-order valence-electron chi connectivity index (χ3n) is 10.6. The minimum absolute atomic E-state index is 0.0550. The monoisotopic (exact) mass is 810 g/mol. The van der Waals surface area contributed by atoms with Crippen LogP contribution in [0.4, 0.5) is 0 Å². The molecule has 58 heavy (non-hydrogen) atoms. The topological polar surface area (TPSA) is 95.9 Å². The zero-order valence-corrected chi connectivity index (χ0v) is 37.9. The van der Waals surface area contributed by atoms with Gasteiger partial charge in [0.1, 0.15) is 6.10 Å². The van der Waals surface area contributed by atoms with Gasteiger partial charge in [-0.15, -0.1) is 0 Å². The van der Waals surface area contributed by atoms with Gasteiger partial charge >= 0.3 is 5.97 Å². The summed E-state index contributed by atoms with van der Waals surface area (Å²) in [5.41, 5.74) is 0. The summed E-state index contributed by atoms with van der Waals surface area (Å²) in [6, 6.07) is -0.712. The van der Waals surface area contributed by atoms with Crippen LogP contribution in [0.2, 0.25) is 0 Å². The van der Waals surface area contributed by atoms with Gasteiger partial charge in [-0.05, 0) is 77.0 Å². The van der Waals surface area contributed by atoms with Gasteiger partial charge in [-0.3, -0.25) is 9.59 Å². The number of rotatable bonds is 42. The van der Waals surface area contributed by atoms with E-state index >= 15 is 0 Å². The van der Waals surface area contributed by atoms with Crippen molar-refractivity contribution >= 4 is 11.9 Å². The lowest BCUT2D eigenvalue weighted by atomic mass is 10.0. The van der Waals surface area contributed by atoms with E-state index in [1.165, 1.54) is 64.2 Å². The van der Waals surface area contributed by atoms with Gasteiger partial charge in [-0.2, -0.15) is 0 Å². The summed E-state index contributed by atoms with van der Waals surface area (Å²) in [4.78, 5) is 26.0. The van der Waals surface area contributed by atoms with E-state index in [9.17, 15) is 19.8 Å². The van der Waals surface area contributed by atoms with Gasteiger partial charge in [-0.1, -0.05) is 203 Å². The van der Waals surface area contributed by atoms with Gasteiger partial charge < -0.3 is 20.3 Å². The van der Waals surface area contributed by atoms with Crippen LogP contribution < -0.4 is 5.32 Å². The fourth-order valence-electron chi connectivity index (χ4n) is 6.95. The Bertz CT molecular complexity index is 1090. The van der Waals surface area contributed by atoms with Crippen molar-refractivity contribution < 1.29 is 24.5 Å². The summed E-state index contributed by atoms with van der Waals surface area (Å²) < 4.78 is 5.90. The maximum absolute atomic E-state index is 13.1. The molecule has 3 N–H and O–H groups in total. The molecule has 0 aliphatic rings. The van der Waals surface area contributed by atoms with Gasteiger partial charge in [0, 0.05) is 6.42 Å². The second-order valence-corrected chi connectivity index (χ2v) is 16.2. The van der Waals surface area contributed by atoms with E-state index in [1.807, 2.05) is 0 Å². The highest BCUT2D eigenvalue weighted by Crippen LogP contribution is 2.17. The summed E-state index contributed by atoms with van der Waals surface area (Å²) in [5, 5.41) is 23.6. The first-order valence-corrected chi connectivity index (χ1v) is 24.2. The SMILES string of the molecule is CC/C=C/C/C=C/CCCCCCCC(CC(=O)NC(CO)C(O)CCCCCCCCCCC)OC(=O)CCCCCCC/C=C/C=C/C=C/C=C/CCCCC. The minimum atomic E-state index is -0.796. The number of amides is 1. The molecular formula is C52H91NO5. The lowest BCUT2D eigenvalue weighted by molar-refractivity contribution is -0.151. The minimum Gasteiger partial charge on any atom is -0.462 e. The number of allylic oxidation sites excluding steroid dienone is 12. The van der Waals surface area contributed by atoms with Crippen molar-refractivity contribution in [3.8, 4) is 0 Å². The van der Waals surface area contributed by atoms with Crippen molar-refractivity contribution in [1.29, 1.82) is 0 Å². The highest BCUT2D eigenvalue weighted by atomic mass is 16.5. The number of unbranched alkanes of at least 4 members (excludes halogenated alkanes) is 21. The molecule has 0 fully saturated rings. The molecule has 0 saturated heterocycles. The largest absolute Gasteiger partial charge is 0.462 e. The first kappa shape index (κ1) is 55.3. The van der Waals surface area contributed by atoms with Crippen LogP contribution in [0.15, 0.2) is 72.9 Å². The van der Waals surface area contributed by atoms with E-state index < -0.39 is 18.2 Å². The van der Waals surface area contributed by atoms with Crippen molar-refractivity contribution in [3.63, 3.8) is 0 Å². The van der Waals surface area contributed by atoms with Crippen LogP contribution in [0.3, 0.4) is 0 Å². The Hall–Kier alpha value is -2.70. The van der Waals surface area contributed by atoms with Crippen LogP contribution in [0, 0.1) is 0 Å². The van der Waals surface area contributed by atoms with E-state index in [2.05, 4.69) is 99.0 Å². The van der Waals surface area contributed by atoms with Crippen LogP contribution in [0.25, 0.3) is 0 Å². The predicted octanol–water partition coefficient (Wildman–Crippen LogP) is 14.2. The lowest BCUT2D eigenvalue weighted by Crippen LogP contribution is -2.46. The number of aliphatic hydroxyl groups is 2. The van der Waals surface area contributed by atoms with Gasteiger partial charge in [-0.25, -0.2) is 0 Å². The standard InChI is InChI=1S/C52H91NO5/c1-4-7-10-13-16-19-21-23-24-25-26-27-28-30-33-36-39-42-45-52(57)58-48(43-40-37-34-32-29-22-20-17-14-11-8-5-2)46-51(56)53-49(47-54)50(55)44-41-38-35-31-18-15-12-9-6-3/h8,11,16-17,19-21,23-27,48-50,54-55H,4-7,9-10,12-15,18,22,28-47H2,1-3H3,(H,53,56)/b11-8+,19-16+,20-17+,23-21+,25-24+,27-26+. The zero-order valence-electron chi connectivity index (χ0n) is 37.9.